The van der Waals surface area contributed by atoms with Crippen molar-refractivity contribution < 1.29 is 0 Å². The maximum absolute atomic E-state index is 6.11. The van der Waals surface area contributed by atoms with Gasteiger partial charge in [-0.1, -0.05) is 11.6 Å². The largest absolute Gasteiger partial charge is 0.338 e. The van der Waals surface area contributed by atoms with Gasteiger partial charge in [0.25, 0.3) is 0 Å². The third-order valence-corrected chi connectivity index (χ3v) is 4.10. The van der Waals surface area contributed by atoms with Crippen LogP contribution in [0.4, 0.5) is 0 Å². The smallest absolute Gasteiger partial charge is 0.109 e. The number of aryl methyl sites for hydroxylation is 1. The quantitative estimate of drug-likeness (QED) is 0.857. The number of imidazole rings is 1. The minimum absolute atomic E-state index is 0.103. The lowest BCUT2D eigenvalue weighted by atomic mass is 10.2. The van der Waals surface area contributed by atoms with E-state index in [4.69, 9.17) is 17.3 Å². The van der Waals surface area contributed by atoms with Gasteiger partial charge in [0, 0.05) is 47.6 Å². The van der Waals surface area contributed by atoms with Crippen molar-refractivity contribution in [1.82, 2.24) is 9.55 Å². The van der Waals surface area contributed by atoms with Crippen LogP contribution in [0.15, 0.2) is 41.6 Å². The van der Waals surface area contributed by atoms with Gasteiger partial charge in [0.2, 0.25) is 0 Å². The first-order chi connectivity index (χ1) is 8.65. The van der Waals surface area contributed by atoms with Crippen molar-refractivity contribution >= 4 is 23.4 Å². The molecule has 1 unspecified atom stereocenters. The van der Waals surface area contributed by atoms with E-state index in [2.05, 4.69) is 4.98 Å². The molecular weight excluding hydrogens is 266 g/mol. The molecule has 0 aliphatic heterocycles. The molecule has 0 saturated carbocycles. The van der Waals surface area contributed by atoms with Crippen molar-refractivity contribution in [2.45, 2.75) is 17.4 Å². The fourth-order valence-corrected chi connectivity index (χ4v) is 2.60. The number of hydrogen-bond donors (Lipinski definition) is 1. The Morgan fingerprint density at radius 2 is 2.11 bits per heavy atom. The number of nitrogens with two attached hydrogens (primary N) is 1. The number of halogens is 1. The molecule has 1 heterocycles. The van der Waals surface area contributed by atoms with Crippen molar-refractivity contribution in [2.75, 3.05) is 5.75 Å². The van der Waals surface area contributed by atoms with Gasteiger partial charge in [-0.2, -0.15) is 0 Å². The zero-order chi connectivity index (χ0) is 13.0. The van der Waals surface area contributed by atoms with Gasteiger partial charge in [-0.25, -0.2) is 4.98 Å². The molecule has 0 amide bonds. The summed E-state index contributed by atoms with van der Waals surface area (Å²) < 4.78 is 2.01. The molecule has 2 N–H and O–H groups in total. The van der Waals surface area contributed by atoms with Crippen LogP contribution in [-0.2, 0) is 13.5 Å². The number of nitrogens with zero attached hydrogens (tertiary/aromatic N) is 2. The first kappa shape index (κ1) is 13.5. The predicted octanol–water partition coefficient (Wildman–Crippen LogP) is 2.74. The van der Waals surface area contributed by atoms with E-state index in [0.29, 0.717) is 0 Å². The van der Waals surface area contributed by atoms with Gasteiger partial charge in [-0.3, -0.25) is 0 Å². The van der Waals surface area contributed by atoms with Crippen molar-refractivity contribution in [3.63, 3.8) is 0 Å². The summed E-state index contributed by atoms with van der Waals surface area (Å²) in [4.78, 5) is 5.47. The van der Waals surface area contributed by atoms with Gasteiger partial charge in [0.05, 0.1) is 0 Å². The highest BCUT2D eigenvalue weighted by molar-refractivity contribution is 7.99. The summed E-state index contributed by atoms with van der Waals surface area (Å²) in [7, 11) is 1.99. The molecule has 1 atom stereocenters. The second kappa shape index (κ2) is 6.27. The second-order valence-corrected chi connectivity index (χ2v) is 5.71. The maximum Gasteiger partial charge on any atom is 0.109 e. The normalized spacial score (nSPS) is 12.6. The second-order valence-electron chi connectivity index (χ2n) is 4.18. The number of thioether (sulfide) groups is 1. The summed E-state index contributed by atoms with van der Waals surface area (Å²) in [5.74, 6) is 1.90. The van der Waals surface area contributed by atoms with Crippen LogP contribution in [0.1, 0.15) is 5.82 Å². The van der Waals surface area contributed by atoms with Crippen LogP contribution in [-0.4, -0.2) is 21.3 Å². The molecule has 0 aliphatic carbocycles. The van der Waals surface area contributed by atoms with E-state index in [1.807, 2.05) is 42.1 Å². The Bertz CT molecular complexity index is 495. The number of rotatable bonds is 5. The maximum atomic E-state index is 6.11. The summed E-state index contributed by atoms with van der Waals surface area (Å²) in [5.41, 5.74) is 6.11. The first-order valence-electron chi connectivity index (χ1n) is 5.75. The van der Waals surface area contributed by atoms with Crippen LogP contribution in [0.5, 0.6) is 0 Å². The van der Waals surface area contributed by atoms with Crippen LogP contribution in [0.25, 0.3) is 0 Å². The standard InChI is InChI=1S/C13H16ClN3S/c1-17-7-6-16-13(17)8-11(15)9-18-12-4-2-10(14)3-5-12/h2-7,11H,8-9,15H2,1H3. The van der Waals surface area contributed by atoms with Gasteiger partial charge in [0.15, 0.2) is 0 Å². The van der Waals surface area contributed by atoms with Gasteiger partial charge in [-0.15, -0.1) is 11.8 Å². The lowest BCUT2D eigenvalue weighted by molar-refractivity contribution is 0.679. The monoisotopic (exact) mass is 281 g/mol. The van der Waals surface area contributed by atoms with E-state index in [-0.39, 0.29) is 6.04 Å². The number of hydrogen-bond acceptors (Lipinski definition) is 3. The van der Waals surface area contributed by atoms with Crippen molar-refractivity contribution in [3.05, 3.63) is 47.5 Å². The molecule has 2 rings (SSSR count). The van der Waals surface area contributed by atoms with Crippen molar-refractivity contribution in [1.29, 1.82) is 0 Å². The third kappa shape index (κ3) is 3.77. The van der Waals surface area contributed by atoms with E-state index in [1.54, 1.807) is 18.0 Å². The highest BCUT2D eigenvalue weighted by atomic mass is 35.5. The summed E-state index contributed by atoms with van der Waals surface area (Å²) >= 11 is 7.59. The number of aromatic nitrogens is 2. The first-order valence-corrected chi connectivity index (χ1v) is 7.11. The molecule has 0 aliphatic rings. The van der Waals surface area contributed by atoms with Crippen LogP contribution >= 0.6 is 23.4 Å². The molecule has 0 bridgehead atoms. The molecule has 96 valence electrons. The predicted molar refractivity (Wildman–Crippen MR) is 77.1 cm³/mol. The van der Waals surface area contributed by atoms with Gasteiger partial charge < -0.3 is 10.3 Å². The zero-order valence-corrected chi connectivity index (χ0v) is 11.8. The topological polar surface area (TPSA) is 43.8 Å². The van der Waals surface area contributed by atoms with E-state index in [0.717, 1.165) is 23.0 Å². The summed E-state index contributed by atoms with van der Waals surface area (Å²) in [6.45, 7) is 0. The van der Waals surface area contributed by atoms with Crippen molar-refractivity contribution in [3.8, 4) is 0 Å². The SMILES string of the molecule is Cn1ccnc1CC(N)CSc1ccc(Cl)cc1. The number of benzene rings is 1. The molecule has 3 nitrogen and oxygen atoms in total. The Morgan fingerprint density at radius 3 is 2.72 bits per heavy atom. The minimum Gasteiger partial charge on any atom is -0.338 e. The Kier molecular flexibility index (Phi) is 4.69. The highest BCUT2D eigenvalue weighted by Gasteiger charge is 2.08. The fraction of sp³-hybridized carbons (Fsp3) is 0.308. The van der Waals surface area contributed by atoms with Crippen LogP contribution < -0.4 is 5.73 Å². The van der Waals surface area contributed by atoms with Gasteiger partial charge in [0.1, 0.15) is 5.82 Å². The molecule has 18 heavy (non-hydrogen) atoms. The third-order valence-electron chi connectivity index (χ3n) is 2.64. The average Bonchev–Trinajstić information content (AvgIpc) is 2.74. The van der Waals surface area contributed by atoms with E-state index in [1.165, 1.54) is 4.90 Å². The van der Waals surface area contributed by atoms with Crippen LogP contribution in [0.3, 0.4) is 0 Å². The molecular formula is C13H16ClN3S. The molecule has 5 heteroatoms. The minimum atomic E-state index is 0.103. The van der Waals surface area contributed by atoms with Crippen LogP contribution in [0, 0.1) is 0 Å². The molecule has 2 aromatic rings. The Morgan fingerprint density at radius 1 is 1.39 bits per heavy atom. The molecule has 0 fully saturated rings. The summed E-state index contributed by atoms with van der Waals surface area (Å²) in [5, 5.41) is 0.761. The molecule has 1 aromatic heterocycles. The Balaban J connectivity index is 1.83. The molecule has 0 radical (unpaired) electrons. The fourth-order valence-electron chi connectivity index (χ4n) is 1.62. The summed E-state index contributed by atoms with van der Waals surface area (Å²) in [6, 6.07) is 7.93. The zero-order valence-electron chi connectivity index (χ0n) is 10.2. The Labute approximate surface area is 116 Å². The van der Waals surface area contributed by atoms with Crippen LogP contribution in [0.2, 0.25) is 5.02 Å². The van der Waals surface area contributed by atoms with Crippen molar-refractivity contribution in [2.24, 2.45) is 12.8 Å². The lowest BCUT2D eigenvalue weighted by Gasteiger charge is -2.11. The lowest BCUT2D eigenvalue weighted by Crippen LogP contribution is -2.26. The van der Waals surface area contributed by atoms with E-state index in [9.17, 15) is 0 Å². The highest BCUT2D eigenvalue weighted by Crippen LogP contribution is 2.21. The van der Waals surface area contributed by atoms with Gasteiger partial charge in [-0.05, 0) is 24.3 Å². The molecule has 0 saturated heterocycles. The Hall–Kier alpha value is -0.970. The molecule has 1 aromatic carbocycles. The summed E-state index contributed by atoms with van der Waals surface area (Å²) in [6.07, 6.45) is 4.53. The van der Waals surface area contributed by atoms with E-state index < -0.39 is 0 Å². The molecule has 0 spiro atoms. The van der Waals surface area contributed by atoms with E-state index >= 15 is 0 Å². The van der Waals surface area contributed by atoms with Gasteiger partial charge >= 0.3 is 0 Å². The average molecular weight is 282 g/mol.